The molecule has 0 aliphatic heterocycles. The third-order valence-corrected chi connectivity index (χ3v) is 1.89. The van der Waals surface area contributed by atoms with Gasteiger partial charge in [0.1, 0.15) is 5.75 Å². The fourth-order valence-corrected chi connectivity index (χ4v) is 1.18. The summed E-state index contributed by atoms with van der Waals surface area (Å²) in [5.74, 6) is -0.580. The van der Waals surface area contributed by atoms with Crippen molar-refractivity contribution in [3.8, 4) is 5.75 Å². The Morgan fingerprint density at radius 1 is 1.31 bits per heavy atom. The van der Waals surface area contributed by atoms with Crippen LogP contribution >= 0.6 is 12.6 Å². The molecule has 0 aromatic heterocycles. The number of hydrogen-bond acceptors (Lipinski definition) is 3. The van der Waals surface area contributed by atoms with Crippen molar-refractivity contribution in [3.63, 3.8) is 0 Å². The van der Waals surface area contributed by atoms with Crippen LogP contribution in [-0.2, 0) is 0 Å². The summed E-state index contributed by atoms with van der Waals surface area (Å²) in [7, 11) is 0. The van der Waals surface area contributed by atoms with Gasteiger partial charge in [0.25, 0.3) is 0 Å². The Morgan fingerprint density at radius 3 is 2.31 bits per heavy atom. The molecule has 0 radical (unpaired) electrons. The number of benzene rings is 1. The molecule has 1 aromatic carbocycles. The van der Waals surface area contributed by atoms with Gasteiger partial charge in [0, 0.05) is 0 Å². The van der Waals surface area contributed by atoms with E-state index in [1.807, 2.05) is 0 Å². The Kier molecular flexibility index (Phi) is 2.72. The van der Waals surface area contributed by atoms with Gasteiger partial charge in [-0.25, -0.2) is 0 Å². The van der Waals surface area contributed by atoms with Gasteiger partial charge in [-0.3, -0.25) is 9.59 Å². The number of aromatic hydroxyl groups is 1. The van der Waals surface area contributed by atoms with Gasteiger partial charge in [0.2, 0.25) is 5.12 Å². The number of hydrogen-bond donors (Lipinski definition) is 2. The number of ketones is 1. The lowest BCUT2D eigenvalue weighted by Gasteiger charge is -2.03. The summed E-state index contributed by atoms with van der Waals surface area (Å²) in [6.45, 7) is 1.32. The number of carbonyl (C=O) groups is 2. The van der Waals surface area contributed by atoms with E-state index in [-0.39, 0.29) is 22.7 Å². The van der Waals surface area contributed by atoms with E-state index < -0.39 is 5.12 Å². The summed E-state index contributed by atoms with van der Waals surface area (Å²) in [4.78, 5) is 21.8. The Morgan fingerprint density at radius 2 is 1.85 bits per heavy atom. The van der Waals surface area contributed by atoms with Crippen LogP contribution in [0.5, 0.6) is 5.75 Å². The van der Waals surface area contributed by atoms with Gasteiger partial charge < -0.3 is 5.11 Å². The number of carbonyl (C=O) groups excluding carboxylic acids is 2. The second-order valence-electron chi connectivity index (χ2n) is 2.56. The molecule has 0 atom stereocenters. The van der Waals surface area contributed by atoms with E-state index in [2.05, 4.69) is 12.6 Å². The van der Waals surface area contributed by atoms with Crippen LogP contribution in [0.4, 0.5) is 0 Å². The van der Waals surface area contributed by atoms with Crippen molar-refractivity contribution in [2.45, 2.75) is 6.92 Å². The maximum atomic E-state index is 10.9. The van der Waals surface area contributed by atoms with E-state index in [9.17, 15) is 14.7 Å². The smallest absolute Gasteiger partial charge is 0.220 e. The third-order valence-electron chi connectivity index (χ3n) is 1.65. The van der Waals surface area contributed by atoms with Crippen LogP contribution < -0.4 is 0 Å². The molecule has 13 heavy (non-hydrogen) atoms. The van der Waals surface area contributed by atoms with E-state index in [0.717, 1.165) is 0 Å². The predicted octanol–water partition coefficient (Wildman–Crippen LogP) is 1.66. The van der Waals surface area contributed by atoms with Gasteiger partial charge in [-0.2, -0.15) is 0 Å². The molecular formula is C9H8O3S. The van der Waals surface area contributed by atoms with Crippen LogP contribution in [0.3, 0.4) is 0 Å². The van der Waals surface area contributed by atoms with E-state index >= 15 is 0 Å². The lowest BCUT2D eigenvalue weighted by Crippen LogP contribution is -1.97. The maximum Gasteiger partial charge on any atom is 0.220 e. The van der Waals surface area contributed by atoms with E-state index in [1.54, 1.807) is 0 Å². The van der Waals surface area contributed by atoms with E-state index in [4.69, 9.17) is 0 Å². The van der Waals surface area contributed by atoms with E-state index in [1.165, 1.54) is 25.1 Å². The van der Waals surface area contributed by atoms with Crippen molar-refractivity contribution in [1.29, 1.82) is 0 Å². The molecule has 0 saturated carbocycles. The molecule has 0 unspecified atom stereocenters. The largest absolute Gasteiger partial charge is 0.506 e. The predicted molar refractivity (Wildman–Crippen MR) is 51.4 cm³/mol. The zero-order valence-corrected chi connectivity index (χ0v) is 7.84. The number of rotatable bonds is 2. The highest BCUT2D eigenvalue weighted by Gasteiger charge is 2.13. The highest BCUT2D eigenvalue weighted by Crippen LogP contribution is 2.23. The third kappa shape index (κ3) is 1.89. The summed E-state index contributed by atoms with van der Waals surface area (Å²) in [5.41, 5.74) is 0.191. The van der Waals surface area contributed by atoms with Crippen molar-refractivity contribution < 1.29 is 14.7 Å². The second-order valence-corrected chi connectivity index (χ2v) is 2.97. The van der Waals surface area contributed by atoms with Gasteiger partial charge in [-0.05, 0) is 19.1 Å². The first-order valence-corrected chi connectivity index (χ1v) is 4.05. The molecule has 0 fully saturated rings. The molecule has 0 spiro atoms. The number of phenols is 1. The molecule has 0 saturated heterocycles. The molecule has 0 aliphatic carbocycles. The number of para-hydroxylation sites is 1. The fraction of sp³-hybridized carbons (Fsp3) is 0.111. The quantitative estimate of drug-likeness (QED) is 0.558. The van der Waals surface area contributed by atoms with Gasteiger partial charge in [-0.15, -0.1) is 12.6 Å². The van der Waals surface area contributed by atoms with Crippen molar-refractivity contribution in [2.75, 3.05) is 0 Å². The molecule has 0 amide bonds. The molecule has 0 aliphatic rings. The van der Waals surface area contributed by atoms with Gasteiger partial charge in [-0.1, -0.05) is 6.07 Å². The van der Waals surface area contributed by atoms with Crippen molar-refractivity contribution in [1.82, 2.24) is 0 Å². The Balaban J connectivity index is 3.35. The standard InChI is InChI=1S/C9H8O3S/c1-5(10)6-3-2-4-7(8(6)11)9(12)13/h2-4,11H,1H3,(H,12,13). The topological polar surface area (TPSA) is 54.4 Å². The number of thiol groups is 1. The molecular weight excluding hydrogens is 188 g/mol. The Labute approximate surface area is 80.8 Å². The fourth-order valence-electron chi connectivity index (χ4n) is 1.00. The van der Waals surface area contributed by atoms with Crippen molar-refractivity contribution >= 4 is 23.5 Å². The lowest BCUT2D eigenvalue weighted by atomic mass is 10.1. The van der Waals surface area contributed by atoms with Gasteiger partial charge >= 0.3 is 0 Å². The molecule has 68 valence electrons. The maximum absolute atomic E-state index is 10.9. The van der Waals surface area contributed by atoms with E-state index in [0.29, 0.717) is 0 Å². The van der Waals surface area contributed by atoms with Crippen LogP contribution in [-0.4, -0.2) is 16.0 Å². The Bertz CT molecular complexity index is 339. The summed E-state index contributed by atoms with van der Waals surface area (Å²) < 4.78 is 0. The van der Waals surface area contributed by atoms with Crippen molar-refractivity contribution in [3.05, 3.63) is 29.3 Å². The second kappa shape index (κ2) is 3.62. The first-order valence-electron chi connectivity index (χ1n) is 3.60. The van der Waals surface area contributed by atoms with Crippen LogP contribution in [0.25, 0.3) is 0 Å². The number of phenolic OH excluding ortho intramolecular Hbond substituents is 1. The zero-order chi connectivity index (χ0) is 10.0. The minimum absolute atomic E-state index is 0.0519. The first-order chi connectivity index (χ1) is 6.04. The number of Topliss-reactive ketones (excluding diaryl/α,β-unsaturated/α-hetero) is 1. The first kappa shape index (κ1) is 9.80. The Hall–Kier alpha value is -1.29. The van der Waals surface area contributed by atoms with Crippen molar-refractivity contribution in [2.24, 2.45) is 0 Å². The summed E-state index contributed by atoms with van der Waals surface area (Å²) in [5, 5.41) is 8.88. The molecule has 1 aromatic rings. The van der Waals surface area contributed by atoms with Gasteiger partial charge in [0.15, 0.2) is 5.78 Å². The average molecular weight is 196 g/mol. The molecule has 0 bridgehead atoms. The molecule has 3 nitrogen and oxygen atoms in total. The molecule has 0 heterocycles. The summed E-state index contributed by atoms with van der Waals surface area (Å²) >= 11 is 3.56. The highest BCUT2D eigenvalue weighted by molar-refractivity contribution is 7.97. The summed E-state index contributed by atoms with van der Waals surface area (Å²) in [6, 6.07) is 4.40. The average Bonchev–Trinajstić information content (AvgIpc) is 2.03. The normalized spacial score (nSPS) is 9.69. The summed E-state index contributed by atoms with van der Waals surface area (Å²) in [6.07, 6.45) is 0. The highest BCUT2D eigenvalue weighted by atomic mass is 32.1. The van der Waals surface area contributed by atoms with Crippen LogP contribution in [0.15, 0.2) is 18.2 Å². The minimum Gasteiger partial charge on any atom is -0.506 e. The SMILES string of the molecule is CC(=O)c1cccc(C(=O)S)c1O. The van der Waals surface area contributed by atoms with Gasteiger partial charge in [0.05, 0.1) is 11.1 Å². The molecule has 1 N–H and O–H groups in total. The zero-order valence-electron chi connectivity index (χ0n) is 6.94. The molecule has 4 heteroatoms. The minimum atomic E-state index is -0.555. The van der Waals surface area contributed by atoms with Crippen LogP contribution in [0.2, 0.25) is 0 Å². The monoisotopic (exact) mass is 196 g/mol. The molecule has 1 rings (SSSR count). The van der Waals surface area contributed by atoms with Crippen LogP contribution in [0.1, 0.15) is 27.6 Å². The van der Waals surface area contributed by atoms with Crippen LogP contribution in [0, 0.1) is 0 Å². The lowest BCUT2D eigenvalue weighted by molar-refractivity contribution is 0.101.